The number of amides is 3. The third-order valence-electron chi connectivity index (χ3n) is 8.36. The molecule has 0 saturated carbocycles. The summed E-state index contributed by atoms with van der Waals surface area (Å²) in [4.78, 5) is 52.0. The Morgan fingerprint density at radius 2 is 1.55 bits per heavy atom. The molecule has 2 N–H and O–H groups in total. The molecule has 0 saturated heterocycles. The molecule has 12 heteroatoms. The van der Waals surface area contributed by atoms with Gasteiger partial charge in [0.1, 0.15) is 7.60 Å². The van der Waals surface area contributed by atoms with Crippen molar-refractivity contribution in [3.63, 3.8) is 0 Å². The van der Waals surface area contributed by atoms with E-state index in [1.807, 2.05) is 72.8 Å². The van der Waals surface area contributed by atoms with Gasteiger partial charge in [0.15, 0.2) is 0 Å². The molecule has 9 nitrogen and oxygen atoms in total. The summed E-state index contributed by atoms with van der Waals surface area (Å²) in [6, 6.07) is 23.0. The van der Waals surface area contributed by atoms with Gasteiger partial charge in [-0.2, -0.15) is 0 Å². The Morgan fingerprint density at radius 1 is 0.863 bits per heavy atom. The minimum atomic E-state index is -3.75. The molecule has 51 heavy (non-hydrogen) atoms. The van der Waals surface area contributed by atoms with Gasteiger partial charge in [-0.25, -0.2) is 0 Å². The van der Waals surface area contributed by atoms with Crippen molar-refractivity contribution in [1.29, 1.82) is 0 Å². The van der Waals surface area contributed by atoms with Crippen LogP contribution in [-0.2, 0) is 25.2 Å². The summed E-state index contributed by atoms with van der Waals surface area (Å²) in [6.07, 6.45) is 3.41. The van der Waals surface area contributed by atoms with Crippen LogP contribution in [-0.4, -0.2) is 48.8 Å². The fourth-order valence-corrected chi connectivity index (χ4v) is 8.14. The van der Waals surface area contributed by atoms with Gasteiger partial charge in [-0.1, -0.05) is 103 Å². The zero-order chi connectivity index (χ0) is 36.6. The number of anilines is 1. The molecule has 3 amide bonds. The number of unbranched alkanes of at least 4 members (excludes halogenated alkanes) is 3. The number of hydrogen-bond donors (Lipinski definition) is 2. The highest BCUT2D eigenvalue weighted by molar-refractivity contribution is 8.76. The van der Waals surface area contributed by atoms with E-state index in [-0.39, 0.29) is 42.4 Å². The highest BCUT2D eigenvalue weighted by atomic mass is 33.1. The lowest BCUT2D eigenvalue weighted by molar-refractivity contribution is -0.200. The summed E-state index contributed by atoms with van der Waals surface area (Å²) in [7, 11) is -0.385. The predicted octanol–water partition coefficient (Wildman–Crippen LogP) is 7.24. The quantitative estimate of drug-likeness (QED) is 0.0569. The average Bonchev–Trinajstić information content (AvgIpc) is 3.12. The van der Waals surface area contributed by atoms with Crippen molar-refractivity contribution in [1.82, 2.24) is 10.6 Å². The maximum atomic E-state index is 13.4. The van der Waals surface area contributed by atoms with Crippen LogP contribution in [0.3, 0.4) is 0 Å². The number of para-hydroxylation sites is 1. The van der Waals surface area contributed by atoms with Gasteiger partial charge in [-0.15, -0.1) is 0 Å². The van der Waals surface area contributed by atoms with Gasteiger partial charge in [-0.3, -0.25) is 14.4 Å². The third-order valence-corrected chi connectivity index (χ3v) is 13.0. The smallest absolute Gasteiger partial charge is 0.251 e. The standard InChI is InChI=1S/C39H48N3O6PS2/c1-29(2)49(46,47)48-26-11-5-4-10-24-41-39(45)34-20-16-31(17-21-34)30(3)51-50-27-25-40-37(43)22-23-38(44)42-28-35-14-7-6-12-32(35)18-19-33-13-8-9-15-36(33)42/h6-9,12-17,20-21,29-30H,4-5,10-11,22-28H2,1-3H3,(H,40,43)(H,41,45)(H,46,47)/p-1. The van der Waals surface area contributed by atoms with Crippen LogP contribution in [0, 0.1) is 11.8 Å². The van der Waals surface area contributed by atoms with Crippen molar-refractivity contribution in [3.05, 3.63) is 101 Å². The number of nitrogens with one attached hydrogen (secondary N) is 2. The van der Waals surface area contributed by atoms with Gasteiger partial charge in [0.2, 0.25) is 11.8 Å². The molecule has 1 aliphatic heterocycles. The summed E-state index contributed by atoms with van der Waals surface area (Å²) < 4.78 is 16.7. The van der Waals surface area contributed by atoms with Crippen LogP contribution < -0.4 is 20.4 Å². The summed E-state index contributed by atoms with van der Waals surface area (Å²) in [5.41, 5.74) is 4.62. The Morgan fingerprint density at radius 3 is 2.31 bits per heavy atom. The van der Waals surface area contributed by atoms with E-state index in [0.717, 1.165) is 47.2 Å². The van der Waals surface area contributed by atoms with Gasteiger partial charge in [0.25, 0.3) is 5.91 Å². The molecule has 4 rings (SSSR count). The molecular weight excluding hydrogens is 702 g/mol. The molecule has 1 aliphatic rings. The number of fused-ring (bicyclic) bond motifs is 2. The average molecular weight is 749 g/mol. The van der Waals surface area contributed by atoms with E-state index in [2.05, 4.69) is 29.4 Å². The molecule has 0 aliphatic carbocycles. The van der Waals surface area contributed by atoms with Gasteiger partial charge in [0.05, 0.1) is 18.8 Å². The Bertz CT molecular complexity index is 1740. The normalized spacial score (nSPS) is 13.8. The van der Waals surface area contributed by atoms with Crippen LogP contribution >= 0.6 is 29.2 Å². The van der Waals surface area contributed by atoms with E-state index in [1.54, 1.807) is 40.3 Å². The van der Waals surface area contributed by atoms with Crippen LogP contribution in [0.5, 0.6) is 0 Å². The van der Waals surface area contributed by atoms with E-state index in [9.17, 15) is 23.8 Å². The molecule has 0 fully saturated rings. The molecule has 3 aromatic rings. The molecule has 272 valence electrons. The maximum Gasteiger partial charge on any atom is 0.251 e. The lowest BCUT2D eigenvalue weighted by Gasteiger charge is -2.26. The van der Waals surface area contributed by atoms with Gasteiger partial charge >= 0.3 is 0 Å². The minimum absolute atomic E-state index is 0.104. The highest BCUT2D eigenvalue weighted by Crippen LogP contribution is 2.42. The first-order chi connectivity index (χ1) is 24.5. The predicted molar refractivity (Wildman–Crippen MR) is 207 cm³/mol. The number of hydrogen-bond acceptors (Lipinski definition) is 8. The van der Waals surface area contributed by atoms with Gasteiger partial charge < -0.3 is 29.5 Å². The Hall–Kier alpha value is -3.52. The molecule has 2 unspecified atom stereocenters. The van der Waals surface area contributed by atoms with Crippen LogP contribution in [0.2, 0.25) is 0 Å². The second-order valence-electron chi connectivity index (χ2n) is 12.6. The Labute approximate surface area is 310 Å². The van der Waals surface area contributed by atoms with Gasteiger partial charge in [0, 0.05) is 59.3 Å². The topological polar surface area (TPSA) is 128 Å². The monoisotopic (exact) mass is 748 g/mol. The van der Waals surface area contributed by atoms with Crippen molar-refractivity contribution in [2.45, 2.75) is 76.7 Å². The second kappa shape index (κ2) is 20.5. The zero-order valence-corrected chi connectivity index (χ0v) is 32.0. The molecule has 0 spiro atoms. The molecule has 0 radical (unpaired) electrons. The number of rotatable bonds is 19. The molecule has 0 aromatic heterocycles. The van der Waals surface area contributed by atoms with Crippen LogP contribution in [0.1, 0.15) is 97.2 Å². The molecule has 0 bridgehead atoms. The Balaban J connectivity index is 1.09. The number of benzene rings is 3. The molecular formula is C39H47N3O6PS2-. The van der Waals surface area contributed by atoms with Crippen LogP contribution in [0.15, 0.2) is 72.8 Å². The van der Waals surface area contributed by atoms with Crippen molar-refractivity contribution in [2.24, 2.45) is 0 Å². The van der Waals surface area contributed by atoms with Crippen molar-refractivity contribution < 1.29 is 28.4 Å². The number of carbonyl (C=O) groups excluding carboxylic acids is 3. The highest BCUT2D eigenvalue weighted by Gasteiger charge is 2.22. The maximum absolute atomic E-state index is 13.4. The SMILES string of the molecule is CC(SSCCNC(=O)CCC(=O)N1Cc2ccccc2C#Cc2ccccc21)c1ccc(C(=O)NCCCCCCOP(=O)([O-])C(C)C)cc1. The van der Waals surface area contributed by atoms with Crippen molar-refractivity contribution >= 4 is 52.6 Å². The van der Waals surface area contributed by atoms with Gasteiger partial charge in [-0.05, 0) is 61.2 Å². The second-order valence-corrected chi connectivity index (χ2v) is 17.8. The van der Waals surface area contributed by atoms with Crippen molar-refractivity contribution in [3.8, 4) is 11.8 Å². The van der Waals surface area contributed by atoms with Crippen LogP contribution in [0.25, 0.3) is 0 Å². The van der Waals surface area contributed by atoms with E-state index in [4.69, 9.17) is 4.52 Å². The summed E-state index contributed by atoms with van der Waals surface area (Å²) in [5, 5.41) is 6.07. The van der Waals surface area contributed by atoms with Crippen molar-refractivity contribution in [2.75, 3.05) is 30.3 Å². The minimum Gasteiger partial charge on any atom is -0.778 e. The summed E-state index contributed by atoms with van der Waals surface area (Å²) >= 11 is 0. The number of carbonyl (C=O) groups is 3. The summed E-state index contributed by atoms with van der Waals surface area (Å²) in [5.74, 6) is 6.75. The molecule has 2 atom stereocenters. The fourth-order valence-electron chi connectivity index (χ4n) is 5.22. The first-order valence-corrected chi connectivity index (χ1v) is 21.4. The third kappa shape index (κ3) is 12.9. The summed E-state index contributed by atoms with van der Waals surface area (Å²) in [6.45, 7) is 6.99. The fraction of sp³-hybridized carbons (Fsp3) is 0.410. The Kier molecular flexibility index (Phi) is 16.2. The van der Waals surface area contributed by atoms with E-state index in [0.29, 0.717) is 37.4 Å². The van der Waals surface area contributed by atoms with E-state index < -0.39 is 13.3 Å². The van der Waals surface area contributed by atoms with E-state index in [1.165, 1.54) is 0 Å². The first-order valence-electron chi connectivity index (χ1n) is 17.4. The largest absolute Gasteiger partial charge is 0.778 e. The lowest BCUT2D eigenvalue weighted by atomic mass is 10.0. The lowest BCUT2D eigenvalue weighted by Crippen LogP contribution is -2.33. The molecule has 3 aromatic carbocycles. The van der Waals surface area contributed by atoms with Crippen LogP contribution in [0.4, 0.5) is 5.69 Å². The first kappa shape index (κ1) is 40.3. The zero-order valence-electron chi connectivity index (χ0n) is 29.5. The molecule has 1 heterocycles. The number of nitrogens with zero attached hydrogens (tertiary/aromatic N) is 1. The van der Waals surface area contributed by atoms with E-state index >= 15 is 0 Å².